The Morgan fingerprint density at radius 3 is 2.42 bits per heavy atom. The van der Waals surface area contributed by atoms with E-state index in [0.29, 0.717) is 5.52 Å². The molecule has 4 saturated carbocycles. The Bertz CT molecular complexity index is 1230. The first kappa shape index (κ1) is 21.1. The number of alkyl halides is 3. The van der Waals surface area contributed by atoms with Crippen LogP contribution in [0, 0.1) is 23.2 Å². The zero-order chi connectivity index (χ0) is 23.0. The highest BCUT2D eigenvalue weighted by Gasteiger charge is 2.53. The van der Waals surface area contributed by atoms with Crippen molar-refractivity contribution in [2.45, 2.75) is 57.7 Å². The molecule has 1 aromatic carbocycles. The summed E-state index contributed by atoms with van der Waals surface area (Å²) in [5.74, 6) is 2.18. The van der Waals surface area contributed by atoms with Gasteiger partial charge in [-0.2, -0.15) is 17.9 Å². The summed E-state index contributed by atoms with van der Waals surface area (Å²) in [6, 6.07) is 7.10. The molecule has 174 valence electrons. The van der Waals surface area contributed by atoms with Gasteiger partial charge in [-0.05, 0) is 80.8 Å². The van der Waals surface area contributed by atoms with Crippen LogP contribution in [0.25, 0.3) is 15.3 Å². The number of hydrogen-bond donors (Lipinski definition) is 1. The van der Waals surface area contributed by atoms with E-state index in [1.807, 2.05) is 19.1 Å². The Labute approximate surface area is 192 Å². The van der Waals surface area contributed by atoms with Crippen LogP contribution in [0.1, 0.15) is 56.7 Å². The molecule has 2 aromatic heterocycles. The SMILES string of the molecule is C[C@@H](N=Cc1c(C(F)(F)F)[nH]n(-c2nc3ccccc3s2)c1=O)C12CC3CC(CC(C3)C1)C2. The first-order valence-electron chi connectivity index (χ1n) is 11.5. The summed E-state index contributed by atoms with van der Waals surface area (Å²) in [4.78, 5) is 22.0. The number of para-hydroxylation sites is 1. The first-order chi connectivity index (χ1) is 15.7. The Hall–Kier alpha value is -2.42. The summed E-state index contributed by atoms with van der Waals surface area (Å²) in [5, 5.41) is 2.44. The van der Waals surface area contributed by atoms with Crippen LogP contribution in [0.4, 0.5) is 13.2 Å². The van der Waals surface area contributed by atoms with Crippen LogP contribution in [0.5, 0.6) is 0 Å². The third kappa shape index (κ3) is 3.47. The molecule has 5 nitrogen and oxygen atoms in total. The van der Waals surface area contributed by atoms with Gasteiger partial charge in [0.1, 0.15) is 0 Å². The smallest absolute Gasteiger partial charge is 0.289 e. The minimum absolute atomic E-state index is 0.0615. The largest absolute Gasteiger partial charge is 0.433 e. The topological polar surface area (TPSA) is 63.0 Å². The Morgan fingerprint density at radius 2 is 1.82 bits per heavy atom. The second-order valence-electron chi connectivity index (χ2n) is 10.2. The maximum atomic E-state index is 13.8. The van der Waals surface area contributed by atoms with Crippen molar-refractivity contribution in [2.24, 2.45) is 28.2 Å². The Balaban J connectivity index is 1.37. The molecular weight excluding hydrogens is 449 g/mol. The van der Waals surface area contributed by atoms with E-state index >= 15 is 0 Å². The fourth-order valence-electron chi connectivity index (χ4n) is 6.91. The molecular formula is C24H25F3N4OS. The maximum absolute atomic E-state index is 13.8. The van der Waals surface area contributed by atoms with E-state index in [4.69, 9.17) is 0 Å². The van der Waals surface area contributed by atoms with Crippen LogP contribution in [-0.4, -0.2) is 27.0 Å². The normalized spacial score (nSPS) is 30.0. The molecule has 2 heterocycles. The highest BCUT2D eigenvalue weighted by Crippen LogP contribution is 2.61. The highest BCUT2D eigenvalue weighted by molar-refractivity contribution is 7.20. The molecule has 3 aromatic rings. The van der Waals surface area contributed by atoms with Gasteiger partial charge in [-0.1, -0.05) is 23.5 Å². The summed E-state index contributed by atoms with van der Waals surface area (Å²) >= 11 is 1.17. The summed E-state index contributed by atoms with van der Waals surface area (Å²) < 4.78 is 43.2. The predicted molar refractivity (Wildman–Crippen MR) is 122 cm³/mol. The summed E-state index contributed by atoms with van der Waals surface area (Å²) in [6.07, 6.45) is 3.64. The second kappa shape index (κ2) is 7.29. The summed E-state index contributed by atoms with van der Waals surface area (Å²) in [7, 11) is 0. The molecule has 4 bridgehead atoms. The van der Waals surface area contributed by atoms with E-state index in [1.54, 1.807) is 12.1 Å². The lowest BCUT2D eigenvalue weighted by Gasteiger charge is -2.58. The molecule has 0 aliphatic heterocycles. The molecule has 33 heavy (non-hydrogen) atoms. The molecule has 4 aliphatic rings. The molecule has 0 saturated heterocycles. The molecule has 0 spiro atoms. The van der Waals surface area contributed by atoms with E-state index in [2.05, 4.69) is 15.1 Å². The van der Waals surface area contributed by atoms with Crippen LogP contribution < -0.4 is 5.56 Å². The van der Waals surface area contributed by atoms with E-state index in [-0.39, 0.29) is 16.6 Å². The van der Waals surface area contributed by atoms with Gasteiger partial charge in [0.05, 0.1) is 21.8 Å². The zero-order valence-corrected chi connectivity index (χ0v) is 19.0. The Kier molecular flexibility index (Phi) is 4.67. The third-order valence-corrected chi connectivity index (χ3v) is 9.10. The fraction of sp³-hybridized carbons (Fsp3) is 0.542. The van der Waals surface area contributed by atoms with Crippen LogP contribution in [0.2, 0.25) is 0 Å². The number of fused-ring (bicyclic) bond motifs is 1. The number of aromatic nitrogens is 3. The number of aliphatic imine (C=N–C) groups is 1. The molecule has 0 unspecified atom stereocenters. The summed E-state index contributed by atoms with van der Waals surface area (Å²) in [6.45, 7) is 2.01. The third-order valence-electron chi connectivity index (χ3n) is 8.08. The van der Waals surface area contributed by atoms with Gasteiger partial charge in [0.25, 0.3) is 5.56 Å². The number of thiazole rings is 1. The van der Waals surface area contributed by atoms with Crippen molar-refractivity contribution in [1.29, 1.82) is 0 Å². The molecule has 7 rings (SSSR count). The number of benzene rings is 1. The Morgan fingerprint density at radius 1 is 1.18 bits per heavy atom. The number of nitrogens with one attached hydrogen (secondary N) is 1. The van der Waals surface area contributed by atoms with Crippen LogP contribution in [0.3, 0.4) is 0 Å². The maximum Gasteiger partial charge on any atom is 0.433 e. The van der Waals surface area contributed by atoms with Gasteiger partial charge < -0.3 is 0 Å². The van der Waals surface area contributed by atoms with Crippen LogP contribution in [-0.2, 0) is 6.18 Å². The number of hydrogen-bond acceptors (Lipinski definition) is 4. The first-order valence-corrected chi connectivity index (χ1v) is 12.3. The van der Waals surface area contributed by atoms with Crippen molar-refractivity contribution >= 4 is 27.8 Å². The van der Waals surface area contributed by atoms with Crippen LogP contribution in [0.15, 0.2) is 34.1 Å². The minimum Gasteiger partial charge on any atom is -0.289 e. The van der Waals surface area contributed by atoms with Gasteiger partial charge in [0, 0.05) is 6.21 Å². The lowest BCUT2D eigenvalue weighted by Crippen LogP contribution is -2.50. The van der Waals surface area contributed by atoms with Crippen molar-refractivity contribution in [3.63, 3.8) is 0 Å². The average molecular weight is 475 g/mol. The number of rotatable bonds is 4. The lowest BCUT2D eigenvalue weighted by atomic mass is 9.48. The zero-order valence-electron chi connectivity index (χ0n) is 18.2. The molecule has 0 amide bonds. The number of halogens is 3. The second-order valence-corrected chi connectivity index (χ2v) is 11.2. The highest BCUT2D eigenvalue weighted by atomic mass is 32.1. The fourth-order valence-corrected chi connectivity index (χ4v) is 7.84. The van der Waals surface area contributed by atoms with Gasteiger partial charge in [-0.25, -0.2) is 4.98 Å². The number of H-pyrrole nitrogens is 1. The quantitative estimate of drug-likeness (QED) is 0.485. The van der Waals surface area contributed by atoms with Crippen LogP contribution >= 0.6 is 11.3 Å². The van der Waals surface area contributed by atoms with Gasteiger partial charge in [0.2, 0.25) is 5.13 Å². The van der Waals surface area contributed by atoms with E-state index in [0.717, 1.165) is 52.6 Å². The van der Waals surface area contributed by atoms with Gasteiger partial charge in [-0.15, -0.1) is 0 Å². The van der Waals surface area contributed by atoms with Gasteiger partial charge >= 0.3 is 6.18 Å². The van der Waals surface area contributed by atoms with E-state index in [9.17, 15) is 18.0 Å². The molecule has 1 N–H and O–H groups in total. The van der Waals surface area contributed by atoms with E-state index < -0.39 is 23.0 Å². The predicted octanol–water partition coefficient (Wildman–Crippen LogP) is 5.82. The molecule has 9 heteroatoms. The summed E-state index contributed by atoms with van der Waals surface area (Å²) in [5.41, 5.74) is -1.60. The minimum atomic E-state index is -4.70. The molecule has 0 radical (unpaired) electrons. The molecule has 1 atom stereocenters. The van der Waals surface area contributed by atoms with Crippen molar-refractivity contribution in [1.82, 2.24) is 14.8 Å². The van der Waals surface area contributed by atoms with Crippen molar-refractivity contribution in [3.8, 4) is 5.13 Å². The van der Waals surface area contributed by atoms with Gasteiger partial charge in [-0.3, -0.25) is 14.9 Å². The van der Waals surface area contributed by atoms with Crippen molar-refractivity contribution in [2.75, 3.05) is 0 Å². The van der Waals surface area contributed by atoms with Gasteiger partial charge in [0.15, 0.2) is 5.69 Å². The van der Waals surface area contributed by atoms with E-state index in [1.165, 1.54) is 30.6 Å². The number of aromatic amines is 1. The standard InChI is InChI=1S/C24H25F3N4OS/c1-13(23-9-14-6-15(10-23)8-16(7-14)11-23)28-12-17-20(24(25,26)27)30-31(21(17)32)22-29-18-4-2-3-5-19(18)33-22/h2-5,12-16,30H,6-11H2,1H3/t13-,14?,15?,16?,23?/m1/s1. The number of nitrogens with zero attached hydrogens (tertiary/aromatic N) is 3. The average Bonchev–Trinajstić information content (AvgIpc) is 3.31. The lowest BCUT2D eigenvalue weighted by molar-refractivity contribution is -0.141. The monoisotopic (exact) mass is 474 g/mol. The molecule has 4 fully saturated rings. The molecule has 4 aliphatic carbocycles. The van der Waals surface area contributed by atoms with Crippen molar-refractivity contribution in [3.05, 3.63) is 45.9 Å². The van der Waals surface area contributed by atoms with Crippen molar-refractivity contribution < 1.29 is 13.2 Å².